The van der Waals surface area contributed by atoms with E-state index in [1.807, 2.05) is 24.5 Å². The van der Waals surface area contributed by atoms with E-state index in [0.717, 1.165) is 60.5 Å². The van der Waals surface area contributed by atoms with Crippen molar-refractivity contribution in [3.05, 3.63) is 78.2 Å². The van der Waals surface area contributed by atoms with Crippen molar-refractivity contribution in [2.45, 2.75) is 25.3 Å². The summed E-state index contributed by atoms with van der Waals surface area (Å²) in [5, 5.41) is 0. The molecular formula is C26H28N4O. The minimum absolute atomic E-state index is 0.480. The first-order valence-corrected chi connectivity index (χ1v) is 10.9. The Kier molecular flexibility index (Phi) is 5.43. The Hall–Kier alpha value is -3.18. The van der Waals surface area contributed by atoms with Crippen LogP contribution in [0.1, 0.15) is 30.0 Å². The van der Waals surface area contributed by atoms with Crippen LogP contribution in [0.5, 0.6) is 5.75 Å². The van der Waals surface area contributed by atoms with Crippen LogP contribution in [0.3, 0.4) is 0 Å². The number of piperidine rings is 1. The number of ether oxygens (including phenoxy) is 1. The highest BCUT2D eigenvalue weighted by Gasteiger charge is 2.24. The lowest BCUT2D eigenvalue weighted by Gasteiger charge is -2.32. The highest BCUT2D eigenvalue weighted by atomic mass is 16.5. The molecule has 0 atom stereocenters. The maximum atomic E-state index is 5.27. The third-order valence-corrected chi connectivity index (χ3v) is 6.35. The summed E-state index contributed by atoms with van der Waals surface area (Å²) < 4.78 is 7.37. The Bertz CT molecular complexity index is 1160. The average Bonchev–Trinajstić information content (AvgIpc) is 3.21. The fraction of sp³-hybridized carbons (Fsp3) is 0.308. The quantitative estimate of drug-likeness (QED) is 0.461. The summed E-state index contributed by atoms with van der Waals surface area (Å²) >= 11 is 0. The van der Waals surface area contributed by atoms with Gasteiger partial charge in [0.1, 0.15) is 11.3 Å². The van der Waals surface area contributed by atoms with Gasteiger partial charge in [0.25, 0.3) is 0 Å². The van der Waals surface area contributed by atoms with E-state index in [0.29, 0.717) is 5.92 Å². The molecule has 0 N–H and O–H groups in total. The van der Waals surface area contributed by atoms with Crippen LogP contribution in [0, 0.1) is 0 Å². The highest BCUT2D eigenvalue weighted by molar-refractivity contribution is 5.90. The molecule has 2 aromatic heterocycles. The molecule has 1 aliphatic rings. The van der Waals surface area contributed by atoms with Gasteiger partial charge in [-0.3, -0.25) is 9.88 Å². The lowest BCUT2D eigenvalue weighted by atomic mass is 9.92. The largest absolute Gasteiger partial charge is 0.497 e. The lowest BCUT2D eigenvalue weighted by molar-refractivity contribution is 0.203. The van der Waals surface area contributed by atoms with Crippen LogP contribution in [0.25, 0.3) is 22.3 Å². The van der Waals surface area contributed by atoms with Crippen molar-refractivity contribution in [2.75, 3.05) is 20.2 Å². The van der Waals surface area contributed by atoms with Gasteiger partial charge in [-0.05, 0) is 49.7 Å². The number of likely N-dealkylation sites (tertiary alicyclic amines) is 1. The number of methoxy groups -OCH3 is 1. The molecule has 5 rings (SSSR count). The predicted molar refractivity (Wildman–Crippen MR) is 124 cm³/mol. The van der Waals surface area contributed by atoms with Crippen LogP contribution >= 0.6 is 0 Å². The molecular weight excluding hydrogens is 384 g/mol. The van der Waals surface area contributed by atoms with Crippen molar-refractivity contribution in [3.8, 4) is 17.0 Å². The number of hydrogen-bond acceptors (Lipinski definition) is 4. The van der Waals surface area contributed by atoms with E-state index in [-0.39, 0.29) is 0 Å². The van der Waals surface area contributed by atoms with Crippen molar-refractivity contribution < 1.29 is 4.74 Å². The van der Waals surface area contributed by atoms with Crippen LogP contribution in [-0.2, 0) is 13.6 Å². The molecule has 0 bridgehead atoms. The molecule has 5 heteroatoms. The molecule has 0 unspecified atom stereocenters. The number of fused-ring (bicyclic) bond motifs is 1. The summed E-state index contributed by atoms with van der Waals surface area (Å²) in [6.45, 7) is 3.16. The molecule has 3 heterocycles. The number of benzene rings is 2. The standard InChI is InChI=1S/C26H28N4O/c1-29-18-27-26-24(29)16-23(28-25(26)21-6-4-3-5-7-21)20-12-14-30(15-13-20)17-19-8-10-22(31-2)11-9-19/h3-11,16,18,20H,12-15,17H2,1-2H3. The zero-order valence-corrected chi connectivity index (χ0v) is 18.2. The number of nitrogens with zero attached hydrogens (tertiary/aromatic N) is 4. The fourth-order valence-electron chi connectivity index (χ4n) is 4.53. The Morgan fingerprint density at radius 3 is 2.45 bits per heavy atom. The minimum atomic E-state index is 0.480. The Labute approximate surface area is 183 Å². The summed E-state index contributed by atoms with van der Waals surface area (Å²) in [4.78, 5) is 12.3. The normalized spacial score (nSPS) is 15.4. The van der Waals surface area contributed by atoms with E-state index in [9.17, 15) is 0 Å². The van der Waals surface area contributed by atoms with Gasteiger partial charge in [-0.25, -0.2) is 4.98 Å². The third-order valence-electron chi connectivity index (χ3n) is 6.35. The fourth-order valence-corrected chi connectivity index (χ4v) is 4.53. The topological polar surface area (TPSA) is 43.2 Å². The molecule has 0 saturated carbocycles. The van der Waals surface area contributed by atoms with Gasteiger partial charge in [-0.15, -0.1) is 0 Å². The van der Waals surface area contributed by atoms with Crippen molar-refractivity contribution >= 4 is 11.0 Å². The molecule has 4 aromatic rings. The van der Waals surface area contributed by atoms with Gasteiger partial charge in [-0.1, -0.05) is 42.5 Å². The molecule has 158 valence electrons. The van der Waals surface area contributed by atoms with E-state index in [2.05, 4.69) is 64.0 Å². The van der Waals surface area contributed by atoms with E-state index in [1.54, 1.807) is 7.11 Å². The molecule has 0 aliphatic carbocycles. The SMILES string of the molecule is COc1ccc(CN2CCC(c3cc4c(ncn4C)c(-c4ccccc4)n3)CC2)cc1. The first kappa shape index (κ1) is 19.8. The van der Waals surface area contributed by atoms with Gasteiger partial charge >= 0.3 is 0 Å². The minimum Gasteiger partial charge on any atom is -0.497 e. The summed E-state index contributed by atoms with van der Waals surface area (Å²) in [6.07, 6.45) is 4.14. The highest BCUT2D eigenvalue weighted by Crippen LogP contribution is 2.33. The number of hydrogen-bond donors (Lipinski definition) is 0. The average molecular weight is 413 g/mol. The third kappa shape index (κ3) is 4.06. The molecule has 1 aliphatic heterocycles. The van der Waals surface area contributed by atoms with Gasteiger partial charge in [0, 0.05) is 30.8 Å². The van der Waals surface area contributed by atoms with Crippen molar-refractivity contribution in [3.63, 3.8) is 0 Å². The van der Waals surface area contributed by atoms with Crippen LogP contribution in [0.2, 0.25) is 0 Å². The van der Waals surface area contributed by atoms with E-state index in [1.165, 1.54) is 11.3 Å². The number of pyridine rings is 1. The molecule has 5 nitrogen and oxygen atoms in total. The van der Waals surface area contributed by atoms with Gasteiger partial charge in [0.05, 0.1) is 24.6 Å². The van der Waals surface area contributed by atoms with Gasteiger partial charge < -0.3 is 9.30 Å². The maximum absolute atomic E-state index is 5.27. The summed E-state index contributed by atoms with van der Waals surface area (Å²) in [5.41, 5.74) is 6.79. The van der Waals surface area contributed by atoms with E-state index >= 15 is 0 Å². The van der Waals surface area contributed by atoms with Crippen molar-refractivity contribution in [1.82, 2.24) is 19.4 Å². The second kappa shape index (κ2) is 8.52. The first-order chi connectivity index (χ1) is 15.2. The smallest absolute Gasteiger partial charge is 0.118 e. The number of aryl methyl sites for hydroxylation is 1. The Morgan fingerprint density at radius 1 is 1.00 bits per heavy atom. The first-order valence-electron chi connectivity index (χ1n) is 10.9. The zero-order valence-electron chi connectivity index (χ0n) is 18.2. The predicted octanol–water partition coefficient (Wildman–Crippen LogP) is 5.02. The Morgan fingerprint density at radius 2 is 1.74 bits per heavy atom. The van der Waals surface area contributed by atoms with Crippen molar-refractivity contribution in [1.29, 1.82) is 0 Å². The van der Waals surface area contributed by atoms with Crippen LogP contribution in [-0.4, -0.2) is 39.6 Å². The monoisotopic (exact) mass is 412 g/mol. The lowest BCUT2D eigenvalue weighted by Crippen LogP contribution is -2.32. The maximum Gasteiger partial charge on any atom is 0.118 e. The Balaban J connectivity index is 1.35. The number of imidazole rings is 1. The molecule has 31 heavy (non-hydrogen) atoms. The molecule has 1 fully saturated rings. The van der Waals surface area contributed by atoms with E-state index in [4.69, 9.17) is 9.72 Å². The van der Waals surface area contributed by atoms with Gasteiger partial charge in [-0.2, -0.15) is 0 Å². The summed E-state index contributed by atoms with van der Waals surface area (Å²) in [5.74, 6) is 1.39. The molecule has 2 aromatic carbocycles. The number of aromatic nitrogens is 3. The van der Waals surface area contributed by atoms with Crippen LogP contribution in [0.4, 0.5) is 0 Å². The van der Waals surface area contributed by atoms with Gasteiger partial charge in [0.2, 0.25) is 0 Å². The van der Waals surface area contributed by atoms with E-state index < -0.39 is 0 Å². The zero-order chi connectivity index (χ0) is 21.2. The number of rotatable bonds is 5. The molecule has 0 amide bonds. The summed E-state index contributed by atoms with van der Waals surface area (Å²) in [7, 11) is 3.77. The molecule has 0 radical (unpaired) electrons. The second-order valence-corrected chi connectivity index (χ2v) is 8.38. The van der Waals surface area contributed by atoms with Crippen LogP contribution < -0.4 is 4.74 Å². The van der Waals surface area contributed by atoms with Gasteiger partial charge in [0.15, 0.2) is 0 Å². The summed E-state index contributed by atoms with van der Waals surface area (Å²) in [6, 6.07) is 21.1. The molecule has 1 saturated heterocycles. The van der Waals surface area contributed by atoms with Crippen molar-refractivity contribution in [2.24, 2.45) is 7.05 Å². The second-order valence-electron chi connectivity index (χ2n) is 8.38. The molecule has 0 spiro atoms. The van der Waals surface area contributed by atoms with Crippen LogP contribution in [0.15, 0.2) is 67.0 Å².